The summed E-state index contributed by atoms with van der Waals surface area (Å²) in [5.41, 5.74) is 1.66. The van der Waals surface area contributed by atoms with Gasteiger partial charge in [0, 0.05) is 22.9 Å². The predicted octanol–water partition coefficient (Wildman–Crippen LogP) is 3.48. The van der Waals surface area contributed by atoms with Crippen LogP contribution in [0.2, 0.25) is 0 Å². The van der Waals surface area contributed by atoms with Crippen LogP contribution in [0.15, 0.2) is 54.6 Å². The molecule has 2 aromatic carbocycles. The molecular weight excluding hydrogens is 346 g/mol. The number of benzene rings is 2. The summed E-state index contributed by atoms with van der Waals surface area (Å²) >= 11 is 0. The maximum atomic E-state index is 12.2. The normalized spacial score (nSPS) is 11.7. The largest absolute Gasteiger partial charge is 0.496 e. The van der Waals surface area contributed by atoms with Gasteiger partial charge < -0.3 is 14.8 Å². The Morgan fingerprint density at radius 2 is 1.81 bits per heavy atom. The van der Waals surface area contributed by atoms with Crippen molar-refractivity contribution in [2.75, 3.05) is 12.4 Å². The molecule has 27 heavy (non-hydrogen) atoms. The molecule has 0 spiro atoms. The Bertz CT molecular complexity index is 872. The average molecular weight is 367 g/mol. The van der Waals surface area contributed by atoms with Crippen molar-refractivity contribution in [1.29, 1.82) is 0 Å². The number of Topliss-reactive ketones (excluding diaryl/α,β-unsaturated/α-hetero) is 1. The topological polar surface area (TPSA) is 81.7 Å². The van der Waals surface area contributed by atoms with E-state index in [0.717, 1.165) is 5.56 Å². The van der Waals surface area contributed by atoms with Gasteiger partial charge in [-0.25, -0.2) is 4.79 Å². The van der Waals surface area contributed by atoms with E-state index in [1.807, 2.05) is 12.1 Å². The van der Waals surface area contributed by atoms with Crippen LogP contribution >= 0.6 is 0 Å². The van der Waals surface area contributed by atoms with Crippen molar-refractivity contribution in [2.45, 2.75) is 20.0 Å². The standard InChI is InChI=1S/C21H21NO5/c1-14(23)17-8-6-9-18(13-17)22-21(25)15(2)27-20(24)12-11-16-7-4-5-10-19(16)26-3/h4-13,15H,1-3H3,(H,22,25). The van der Waals surface area contributed by atoms with Crippen molar-refractivity contribution in [3.8, 4) is 5.75 Å². The molecule has 1 atom stereocenters. The Labute approximate surface area is 157 Å². The summed E-state index contributed by atoms with van der Waals surface area (Å²) in [5.74, 6) is -0.625. The Morgan fingerprint density at radius 1 is 1.07 bits per heavy atom. The summed E-state index contributed by atoms with van der Waals surface area (Å²) in [6, 6.07) is 13.7. The molecule has 2 aromatic rings. The molecule has 2 rings (SSSR count). The fourth-order valence-corrected chi connectivity index (χ4v) is 2.29. The Hall–Kier alpha value is -3.41. The highest BCUT2D eigenvalue weighted by molar-refractivity contribution is 5.99. The second-order valence-electron chi connectivity index (χ2n) is 5.78. The number of para-hydroxylation sites is 1. The van der Waals surface area contributed by atoms with Gasteiger partial charge in [0.1, 0.15) is 5.75 Å². The molecule has 1 N–H and O–H groups in total. The van der Waals surface area contributed by atoms with Crippen molar-refractivity contribution >= 4 is 29.4 Å². The first-order chi connectivity index (χ1) is 12.9. The van der Waals surface area contributed by atoms with Crippen LogP contribution in [0.4, 0.5) is 5.69 Å². The lowest BCUT2D eigenvalue weighted by atomic mass is 10.1. The van der Waals surface area contributed by atoms with E-state index in [9.17, 15) is 14.4 Å². The number of carbonyl (C=O) groups excluding carboxylic acids is 3. The van der Waals surface area contributed by atoms with E-state index in [1.54, 1.807) is 49.6 Å². The molecule has 0 aliphatic heterocycles. The van der Waals surface area contributed by atoms with Gasteiger partial charge in [-0.2, -0.15) is 0 Å². The third kappa shape index (κ3) is 5.81. The second-order valence-corrected chi connectivity index (χ2v) is 5.78. The number of carbonyl (C=O) groups is 3. The monoisotopic (exact) mass is 367 g/mol. The molecule has 0 fully saturated rings. The van der Waals surface area contributed by atoms with Crippen LogP contribution in [0.3, 0.4) is 0 Å². The summed E-state index contributed by atoms with van der Waals surface area (Å²) in [5, 5.41) is 2.62. The van der Waals surface area contributed by atoms with Gasteiger partial charge in [0.2, 0.25) is 0 Å². The summed E-state index contributed by atoms with van der Waals surface area (Å²) in [7, 11) is 1.54. The lowest BCUT2D eigenvalue weighted by Crippen LogP contribution is -2.29. The van der Waals surface area contributed by atoms with Crippen molar-refractivity contribution < 1.29 is 23.9 Å². The highest BCUT2D eigenvalue weighted by Crippen LogP contribution is 2.18. The molecule has 0 aromatic heterocycles. The maximum Gasteiger partial charge on any atom is 0.331 e. The number of anilines is 1. The molecule has 0 bridgehead atoms. The van der Waals surface area contributed by atoms with Crippen LogP contribution in [0.5, 0.6) is 5.75 Å². The van der Waals surface area contributed by atoms with Gasteiger partial charge in [-0.05, 0) is 38.1 Å². The minimum absolute atomic E-state index is 0.105. The van der Waals surface area contributed by atoms with Crippen molar-refractivity contribution in [2.24, 2.45) is 0 Å². The van der Waals surface area contributed by atoms with E-state index in [4.69, 9.17) is 9.47 Å². The first-order valence-corrected chi connectivity index (χ1v) is 8.34. The van der Waals surface area contributed by atoms with E-state index in [-0.39, 0.29) is 5.78 Å². The summed E-state index contributed by atoms with van der Waals surface area (Å²) in [6.45, 7) is 2.92. The van der Waals surface area contributed by atoms with Gasteiger partial charge >= 0.3 is 5.97 Å². The van der Waals surface area contributed by atoms with Gasteiger partial charge in [-0.1, -0.05) is 30.3 Å². The molecule has 140 valence electrons. The van der Waals surface area contributed by atoms with Crippen LogP contribution < -0.4 is 10.1 Å². The number of hydrogen-bond donors (Lipinski definition) is 1. The van der Waals surface area contributed by atoms with Crippen LogP contribution in [0, 0.1) is 0 Å². The molecule has 0 radical (unpaired) electrons. The highest BCUT2D eigenvalue weighted by atomic mass is 16.5. The highest BCUT2D eigenvalue weighted by Gasteiger charge is 2.17. The average Bonchev–Trinajstić information content (AvgIpc) is 2.66. The van der Waals surface area contributed by atoms with Crippen molar-refractivity contribution in [1.82, 2.24) is 0 Å². The van der Waals surface area contributed by atoms with E-state index < -0.39 is 18.0 Å². The fraction of sp³-hybridized carbons (Fsp3) is 0.190. The molecule has 0 saturated carbocycles. The van der Waals surface area contributed by atoms with Crippen molar-refractivity contribution in [3.05, 3.63) is 65.7 Å². The third-order valence-electron chi connectivity index (χ3n) is 3.74. The number of methoxy groups -OCH3 is 1. The maximum absolute atomic E-state index is 12.2. The van der Waals surface area contributed by atoms with Gasteiger partial charge in [0.25, 0.3) is 5.91 Å². The first kappa shape index (κ1) is 19.9. The molecule has 1 amide bonds. The van der Waals surface area contributed by atoms with Gasteiger partial charge in [0.15, 0.2) is 11.9 Å². The lowest BCUT2D eigenvalue weighted by Gasteiger charge is -2.13. The smallest absolute Gasteiger partial charge is 0.331 e. The minimum atomic E-state index is -0.999. The van der Waals surface area contributed by atoms with Crippen LogP contribution in [0.25, 0.3) is 6.08 Å². The van der Waals surface area contributed by atoms with Gasteiger partial charge in [-0.3, -0.25) is 9.59 Å². The second kappa shape index (κ2) is 9.33. The zero-order valence-electron chi connectivity index (χ0n) is 15.4. The SMILES string of the molecule is COc1ccccc1C=CC(=O)OC(C)C(=O)Nc1cccc(C(C)=O)c1. The molecule has 0 aliphatic rings. The Morgan fingerprint density at radius 3 is 2.52 bits per heavy atom. The summed E-state index contributed by atoms with van der Waals surface area (Å²) in [6.07, 6.45) is 1.79. The molecule has 6 heteroatoms. The molecule has 0 aliphatic carbocycles. The number of amides is 1. The number of esters is 1. The number of nitrogens with one attached hydrogen (secondary N) is 1. The molecule has 0 heterocycles. The van der Waals surface area contributed by atoms with E-state index in [0.29, 0.717) is 17.0 Å². The zero-order valence-corrected chi connectivity index (χ0v) is 15.4. The number of ketones is 1. The molecule has 1 unspecified atom stereocenters. The van der Waals surface area contributed by atoms with Crippen LogP contribution in [-0.4, -0.2) is 30.9 Å². The lowest BCUT2D eigenvalue weighted by molar-refractivity contribution is -0.148. The quantitative estimate of drug-likeness (QED) is 0.460. The first-order valence-electron chi connectivity index (χ1n) is 8.34. The molecule has 6 nitrogen and oxygen atoms in total. The van der Waals surface area contributed by atoms with Gasteiger partial charge in [0.05, 0.1) is 7.11 Å². The van der Waals surface area contributed by atoms with E-state index in [1.165, 1.54) is 19.9 Å². The fourth-order valence-electron chi connectivity index (χ4n) is 2.29. The Balaban J connectivity index is 1.95. The molecule has 0 saturated heterocycles. The van der Waals surface area contributed by atoms with E-state index in [2.05, 4.69) is 5.32 Å². The number of hydrogen-bond acceptors (Lipinski definition) is 5. The predicted molar refractivity (Wildman–Crippen MR) is 103 cm³/mol. The Kier molecular flexibility index (Phi) is 6.88. The van der Waals surface area contributed by atoms with Crippen LogP contribution in [-0.2, 0) is 14.3 Å². The summed E-state index contributed by atoms with van der Waals surface area (Å²) < 4.78 is 10.3. The van der Waals surface area contributed by atoms with Crippen LogP contribution in [0.1, 0.15) is 29.8 Å². The molecular formula is C21H21NO5. The van der Waals surface area contributed by atoms with Crippen molar-refractivity contribution in [3.63, 3.8) is 0 Å². The minimum Gasteiger partial charge on any atom is -0.496 e. The summed E-state index contributed by atoms with van der Waals surface area (Å²) in [4.78, 5) is 35.5. The number of ether oxygens (including phenoxy) is 2. The van der Waals surface area contributed by atoms with Gasteiger partial charge in [-0.15, -0.1) is 0 Å². The number of rotatable bonds is 7. The van der Waals surface area contributed by atoms with E-state index >= 15 is 0 Å². The third-order valence-corrected chi connectivity index (χ3v) is 3.74. The zero-order chi connectivity index (χ0) is 19.8.